The van der Waals surface area contributed by atoms with Crippen molar-refractivity contribution in [3.05, 3.63) is 30.3 Å². The van der Waals surface area contributed by atoms with E-state index in [1.807, 2.05) is 35.2 Å². The SMILES string of the molecule is Cl.NCCCOC1CCN(C(=O)COCCOc2ccccc2)CC1. The predicted molar refractivity (Wildman–Crippen MR) is 99.2 cm³/mol. The second kappa shape index (κ2) is 12.9. The van der Waals surface area contributed by atoms with Crippen molar-refractivity contribution in [2.75, 3.05) is 46.1 Å². The van der Waals surface area contributed by atoms with E-state index in [0.717, 1.165) is 38.1 Å². The lowest BCUT2D eigenvalue weighted by Gasteiger charge is -2.32. The molecule has 0 spiro atoms. The summed E-state index contributed by atoms with van der Waals surface area (Å²) in [6, 6.07) is 9.57. The Kier molecular flexibility index (Phi) is 11.2. The quantitative estimate of drug-likeness (QED) is 0.634. The molecule has 1 amide bonds. The molecule has 1 aliphatic heterocycles. The lowest BCUT2D eigenvalue weighted by molar-refractivity contribution is -0.139. The Labute approximate surface area is 156 Å². The first-order valence-corrected chi connectivity index (χ1v) is 8.64. The molecule has 0 saturated carbocycles. The highest BCUT2D eigenvalue weighted by atomic mass is 35.5. The predicted octanol–water partition coefficient (Wildman–Crippen LogP) is 1.86. The van der Waals surface area contributed by atoms with Crippen LogP contribution in [-0.2, 0) is 14.3 Å². The summed E-state index contributed by atoms with van der Waals surface area (Å²) in [6.45, 7) is 3.78. The molecule has 25 heavy (non-hydrogen) atoms. The number of carbonyl (C=O) groups excluding carboxylic acids is 1. The van der Waals surface area contributed by atoms with Crippen molar-refractivity contribution in [1.29, 1.82) is 0 Å². The summed E-state index contributed by atoms with van der Waals surface area (Å²) in [6.07, 6.45) is 2.90. The third-order valence-electron chi connectivity index (χ3n) is 3.96. The Morgan fingerprint density at radius 2 is 1.84 bits per heavy atom. The van der Waals surface area contributed by atoms with Crippen molar-refractivity contribution in [2.45, 2.75) is 25.4 Å². The summed E-state index contributed by atoms with van der Waals surface area (Å²) in [7, 11) is 0. The van der Waals surface area contributed by atoms with Crippen LogP contribution < -0.4 is 10.5 Å². The van der Waals surface area contributed by atoms with Crippen LogP contribution >= 0.6 is 12.4 Å². The highest BCUT2D eigenvalue weighted by molar-refractivity contribution is 5.85. The first-order chi connectivity index (χ1) is 11.8. The van der Waals surface area contributed by atoms with Gasteiger partial charge in [0.1, 0.15) is 19.0 Å². The van der Waals surface area contributed by atoms with Gasteiger partial charge in [-0.1, -0.05) is 18.2 Å². The Balaban J connectivity index is 0.00000312. The maximum absolute atomic E-state index is 12.1. The van der Waals surface area contributed by atoms with Crippen LogP contribution in [-0.4, -0.2) is 63.0 Å². The van der Waals surface area contributed by atoms with E-state index in [2.05, 4.69) is 0 Å². The number of nitrogens with zero attached hydrogens (tertiary/aromatic N) is 1. The highest BCUT2D eigenvalue weighted by Gasteiger charge is 2.22. The second-order valence-electron chi connectivity index (χ2n) is 5.81. The summed E-state index contributed by atoms with van der Waals surface area (Å²) in [5.41, 5.74) is 5.45. The van der Waals surface area contributed by atoms with Crippen molar-refractivity contribution in [1.82, 2.24) is 4.90 Å². The number of nitrogens with two attached hydrogens (primary N) is 1. The maximum Gasteiger partial charge on any atom is 0.248 e. The standard InChI is InChI=1S/C18H28N2O4.ClH/c19-9-4-12-23-17-7-10-20(11-8-17)18(21)15-22-13-14-24-16-5-2-1-3-6-16;/h1-3,5-6,17H,4,7-15,19H2;1H. The molecule has 6 nitrogen and oxygen atoms in total. The van der Waals surface area contributed by atoms with E-state index in [4.69, 9.17) is 19.9 Å². The van der Waals surface area contributed by atoms with E-state index in [1.165, 1.54) is 0 Å². The van der Waals surface area contributed by atoms with Crippen LogP contribution in [0.5, 0.6) is 5.75 Å². The van der Waals surface area contributed by atoms with Crippen molar-refractivity contribution < 1.29 is 19.0 Å². The van der Waals surface area contributed by atoms with Crippen molar-refractivity contribution in [3.8, 4) is 5.75 Å². The molecular formula is C18H29ClN2O4. The van der Waals surface area contributed by atoms with E-state index in [-0.39, 0.29) is 31.0 Å². The normalized spacial score (nSPS) is 14.8. The van der Waals surface area contributed by atoms with E-state index in [0.29, 0.717) is 26.4 Å². The molecule has 0 atom stereocenters. The van der Waals surface area contributed by atoms with Gasteiger partial charge in [-0.3, -0.25) is 4.79 Å². The summed E-state index contributed by atoms with van der Waals surface area (Å²) in [5.74, 6) is 0.847. The zero-order chi connectivity index (χ0) is 17.0. The minimum atomic E-state index is 0. The molecule has 0 aromatic heterocycles. The number of halogens is 1. The molecule has 1 aromatic rings. The number of piperidine rings is 1. The molecule has 1 heterocycles. The first-order valence-electron chi connectivity index (χ1n) is 8.64. The van der Waals surface area contributed by atoms with Crippen LogP contribution in [0.2, 0.25) is 0 Å². The second-order valence-corrected chi connectivity index (χ2v) is 5.81. The van der Waals surface area contributed by atoms with Crippen LogP contribution in [0.4, 0.5) is 0 Å². The minimum absolute atomic E-state index is 0. The number of benzene rings is 1. The summed E-state index contributed by atoms with van der Waals surface area (Å²) < 4.78 is 16.7. The maximum atomic E-state index is 12.1. The van der Waals surface area contributed by atoms with Gasteiger partial charge in [0.05, 0.1) is 12.7 Å². The van der Waals surface area contributed by atoms with Gasteiger partial charge >= 0.3 is 0 Å². The molecule has 0 bridgehead atoms. The van der Waals surface area contributed by atoms with Crippen molar-refractivity contribution >= 4 is 18.3 Å². The van der Waals surface area contributed by atoms with E-state index in [1.54, 1.807) is 0 Å². The van der Waals surface area contributed by atoms with Gasteiger partial charge < -0.3 is 24.8 Å². The first kappa shape index (κ1) is 21.7. The lowest BCUT2D eigenvalue weighted by Crippen LogP contribution is -2.42. The molecule has 1 saturated heterocycles. The van der Waals surface area contributed by atoms with Crippen LogP contribution in [0.1, 0.15) is 19.3 Å². The van der Waals surface area contributed by atoms with Gasteiger partial charge in [0.15, 0.2) is 0 Å². The van der Waals surface area contributed by atoms with Gasteiger partial charge in [-0.2, -0.15) is 0 Å². The largest absolute Gasteiger partial charge is 0.491 e. The van der Waals surface area contributed by atoms with Gasteiger partial charge in [0.25, 0.3) is 0 Å². The highest BCUT2D eigenvalue weighted by Crippen LogP contribution is 2.14. The van der Waals surface area contributed by atoms with Gasteiger partial charge in [-0.25, -0.2) is 0 Å². The Hall–Kier alpha value is -1.34. The average molecular weight is 373 g/mol. The zero-order valence-electron chi connectivity index (χ0n) is 14.6. The number of hydrogen-bond acceptors (Lipinski definition) is 5. The molecule has 1 fully saturated rings. The van der Waals surface area contributed by atoms with Gasteiger partial charge in [-0.15, -0.1) is 12.4 Å². The topological polar surface area (TPSA) is 74.0 Å². The number of amides is 1. The molecule has 2 N–H and O–H groups in total. The van der Waals surface area contributed by atoms with E-state index >= 15 is 0 Å². The molecule has 2 rings (SSSR count). The van der Waals surface area contributed by atoms with Crippen LogP contribution in [0.3, 0.4) is 0 Å². The molecule has 1 aliphatic rings. The van der Waals surface area contributed by atoms with Crippen molar-refractivity contribution in [3.63, 3.8) is 0 Å². The number of rotatable bonds is 10. The number of ether oxygens (including phenoxy) is 3. The molecule has 1 aromatic carbocycles. The zero-order valence-corrected chi connectivity index (χ0v) is 15.4. The van der Waals surface area contributed by atoms with Crippen LogP contribution in [0.15, 0.2) is 30.3 Å². The number of carbonyl (C=O) groups is 1. The molecule has 142 valence electrons. The molecular weight excluding hydrogens is 344 g/mol. The number of likely N-dealkylation sites (tertiary alicyclic amines) is 1. The smallest absolute Gasteiger partial charge is 0.248 e. The number of para-hydroxylation sites is 1. The summed E-state index contributed by atoms with van der Waals surface area (Å²) in [5, 5.41) is 0. The average Bonchev–Trinajstić information content (AvgIpc) is 2.63. The van der Waals surface area contributed by atoms with Crippen LogP contribution in [0, 0.1) is 0 Å². The van der Waals surface area contributed by atoms with Gasteiger partial charge in [0.2, 0.25) is 5.91 Å². The summed E-state index contributed by atoms with van der Waals surface area (Å²) >= 11 is 0. The third kappa shape index (κ3) is 8.54. The van der Waals surface area contributed by atoms with Gasteiger partial charge in [-0.05, 0) is 37.9 Å². The molecule has 0 unspecified atom stereocenters. The minimum Gasteiger partial charge on any atom is -0.491 e. The molecule has 0 radical (unpaired) electrons. The van der Waals surface area contributed by atoms with E-state index < -0.39 is 0 Å². The fraction of sp³-hybridized carbons (Fsp3) is 0.611. The number of hydrogen-bond donors (Lipinski definition) is 1. The van der Waals surface area contributed by atoms with Gasteiger partial charge in [0, 0.05) is 19.7 Å². The Morgan fingerprint density at radius 3 is 2.52 bits per heavy atom. The fourth-order valence-corrected chi connectivity index (χ4v) is 2.59. The fourth-order valence-electron chi connectivity index (χ4n) is 2.59. The van der Waals surface area contributed by atoms with Crippen molar-refractivity contribution in [2.24, 2.45) is 5.73 Å². The summed E-state index contributed by atoms with van der Waals surface area (Å²) in [4.78, 5) is 13.9. The monoisotopic (exact) mass is 372 g/mol. The third-order valence-corrected chi connectivity index (χ3v) is 3.96. The lowest BCUT2D eigenvalue weighted by atomic mass is 10.1. The molecule has 0 aliphatic carbocycles. The van der Waals surface area contributed by atoms with Crippen LogP contribution in [0.25, 0.3) is 0 Å². The Bertz CT molecular complexity index is 467. The van der Waals surface area contributed by atoms with E-state index in [9.17, 15) is 4.79 Å². The Morgan fingerprint density at radius 1 is 1.12 bits per heavy atom. The molecule has 7 heteroatoms.